The number of H-pyrrole nitrogens is 1. The van der Waals surface area contributed by atoms with Crippen LogP contribution >= 0.6 is 0 Å². The molecule has 0 amide bonds. The molecule has 0 radical (unpaired) electrons. The Morgan fingerprint density at radius 2 is 1.88 bits per heavy atom. The van der Waals surface area contributed by atoms with Gasteiger partial charge in [-0.1, -0.05) is 36.4 Å². The summed E-state index contributed by atoms with van der Waals surface area (Å²) in [5.41, 5.74) is 4.81. The van der Waals surface area contributed by atoms with Crippen molar-refractivity contribution in [2.75, 3.05) is 13.1 Å². The Bertz CT molecular complexity index is 878. The first-order chi connectivity index (χ1) is 11.8. The molecule has 3 heterocycles. The SMILES string of the molecule is N#CN1CC[C@@H](c2cc(-c3cccc(-c4ccccc4)n3)n[nH]2)C1. The lowest BCUT2D eigenvalue weighted by atomic mass is 10.0. The zero-order chi connectivity index (χ0) is 16.4. The highest BCUT2D eigenvalue weighted by Gasteiger charge is 2.24. The molecule has 24 heavy (non-hydrogen) atoms. The van der Waals surface area contributed by atoms with E-state index in [0.717, 1.165) is 47.8 Å². The molecule has 2 aromatic heterocycles. The second kappa shape index (κ2) is 6.17. The fourth-order valence-electron chi connectivity index (χ4n) is 3.13. The van der Waals surface area contributed by atoms with Crippen LogP contribution in [0.1, 0.15) is 18.0 Å². The van der Waals surface area contributed by atoms with Crippen molar-refractivity contribution in [1.29, 1.82) is 5.26 Å². The predicted octanol–water partition coefficient (Wildman–Crippen LogP) is 3.41. The van der Waals surface area contributed by atoms with Gasteiger partial charge in [0.05, 0.1) is 11.4 Å². The van der Waals surface area contributed by atoms with Gasteiger partial charge < -0.3 is 4.90 Å². The number of nitrogens with one attached hydrogen (secondary N) is 1. The van der Waals surface area contributed by atoms with Crippen molar-refractivity contribution in [1.82, 2.24) is 20.1 Å². The van der Waals surface area contributed by atoms with Crippen LogP contribution in [-0.2, 0) is 0 Å². The molecule has 1 aliphatic rings. The van der Waals surface area contributed by atoms with Crippen LogP contribution in [0.4, 0.5) is 0 Å². The molecule has 0 spiro atoms. The number of rotatable bonds is 3. The maximum Gasteiger partial charge on any atom is 0.179 e. The van der Waals surface area contributed by atoms with Crippen LogP contribution in [0.25, 0.3) is 22.6 Å². The molecule has 4 rings (SSSR count). The van der Waals surface area contributed by atoms with E-state index in [0.29, 0.717) is 5.92 Å². The number of pyridine rings is 1. The molecule has 1 N–H and O–H groups in total. The monoisotopic (exact) mass is 315 g/mol. The summed E-state index contributed by atoms with van der Waals surface area (Å²) in [4.78, 5) is 6.53. The van der Waals surface area contributed by atoms with E-state index in [1.54, 1.807) is 4.90 Å². The van der Waals surface area contributed by atoms with Gasteiger partial charge in [0.15, 0.2) is 6.19 Å². The number of hydrogen-bond donors (Lipinski definition) is 1. The van der Waals surface area contributed by atoms with E-state index in [1.165, 1.54) is 0 Å². The second-order valence-corrected chi connectivity index (χ2v) is 6.01. The predicted molar refractivity (Wildman–Crippen MR) is 91.8 cm³/mol. The van der Waals surface area contributed by atoms with E-state index in [1.807, 2.05) is 36.4 Å². The Morgan fingerprint density at radius 1 is 1.04 bits per heavy atom. The highest BCUT2D eigenvalue weighted by atomic mass is 15.2. The quantitative estimate of drug-likeness (QED) is 0.752. The van der Waals surface area contributed by atoms with E-state index < -0.39 is 0 Å². The molecule has 5 heteroatoms. The van der Waals surface area contributed by atoms with E-state index in [2.05, 4.69) is 34.6 Å². The minimum Gasteiger partial charge on any atom is -0.310 e. The molecular weight excluding hydrogens is 298 g/mol. The molecule has 0 unspecified atom stereocenters. The Morgan fingerprint density at radius 3 is 2.67 bits per heavy atom. The lowest BCUT2D eigenvalue weighted by Gasteiger charge is -2.06. The number of likely N-dealkylation sites (tertiary alicyclic amines) is 1. The second-order valence-electron chi connectivity index (χ2n) is 6.01. The molecule has 1 aliphatic heterocycles. The molecular formula is C19H17N5. The van der Waals surface area contributed by atoms with Crippen LogP contribution in [0.15, 0.2) is 54.6 Å². The van der Waals surface area contributed by atoms with E-state index >= 15 is 0 Å². The average Bonchev–Trinajstić information content (AvgIpc) is 3.32. The number of aromatic amines is 1. The number of benzene rings is 1. The topological polar surface area (TPSA) is 68.6 Å². The van der Waals surface area contributed by atoms with Gasteiger partial charge in [-0.15, -0.1) is 0 Å². The Kier molecular flexibility index (Phi) is 3.72. The van der Waals surface area contributed by atoms with Gasteiger partial charge in [0, 0.05) is 30.3 Å². The number of nitriles is 1. The summed E-state index contributed by atoms with van der Waals surface area (Å²) in [5.74, 6) is 0.336. The normalized spacial score (nSPS) is 17.0. The first-order valence-electron chi connectivity index (χ1n) is 8.06. The average molecular weight is 315 g/mol. The summed E-state index contributed by atoms with van der Waals surface area (Å²) in [5, 5.41) is 16.5. The smallest absolute Gasteiger partial charge is 0.179 e. The largest absolute Gasteiger partial charge is 0.310 e. The Labute approximate surface area is 140 Å². The van der Waals surface area contributed by atoms with Crippen molar-refractivity contribution < 1.29 is 0 Å². The number of aromatic nitrogens is 3. The van der Waals surface area contributed by atoms with Gasteiger partial charge in [-0.25, -0.2) is 4.98 Å². The number of nitrogens with zero attached hydrogens (tertiary/aromatic N) is 4. The lowest BCUT2D eigenvalue weighted by molar-refractivity contribution is 0.478. The zero-order valence-corrected chi connectivity index (χ0v) is 13.2. The molecule has 0 aliphatic carbocycles. The van der Waals surface area contributed by atoms with Gasteiger partial charge in [-0.3, -0.25) is 5.10 Å². The Balaban J connectivity index is 1.60. The third kappa shape index (κ3) is 2.74. The van der Waals surface area contributed by atoms with E-state index in [9.17, 15) is 0 Å². The standard InChI is InChI=1S/C19H17N5/c20-13-24-10-9-15(12-24)18-11-19(23-22-18)17-8-4-7-16(21-17)14-5-2-1-3-6-14/h1-8,11,15H,9-10,12H2,(H,22,23)/t15-/m1/s1. The van der Waals surface area contributed by atoms with Crippen molar-refractivity contribution in [3.05, 3.63) is 60.3 Å². The molecule has 0 saturated carbocycles. The van der Waals surface area contributed by atoms with Crippen LogP contribution in [-0.4, -0.2) is 33.2 Å². The van der Waals surface area contributed by atoms with Crippen LogP contribution < -0.4 is 0 Å². The van der Waals surface area contributed by atoms with Crippen molar-refractivity contribution in [2.45, 2.75) is 12.3 Å². The zero-order valence-electron chi connectivity index (χ0n) is 13.2. The molecule has 1 saturated heterocycles. The summed E-state index contributed by atoms with van der Waals surface area (Å²) < 4.78 is 0. The highest BCUT2D eigenvalue weighted by Crippen LogP contribution is 2.28. The molecule has 3 aromatic rings. The van der Waals surface area contributed by atoms with Gasteiger partial charge in [0.2, 0.25) is 0 Å². The van der Waals surface area contributed by atoms with Crippen LogP contribution in [0.5, 0.6) is 0 Å². The molecule has 0 bridgehead atoms. The van der Waals surface area contributed by atoms with E-state index in [-0.39, 0.29) is 0 Å². The minimum atomic E-state index is 0.336. The first kappa shape index (κ1) is 14.5. The molecule has 118 valence electrons. The summed E-state index contributed by atoms with van der Waals surface area (Å²) in [6, 6.07) is 18.2. The van der Waals surface area contributed by atoms with Crippen LogP contribution in [0.3, 0.4) is 0 Å². The highest BCUT2D eigenvalue weighted by molar-refractivity contribution is 5.64. The summed E-state index contributed by atoms with van der Waals surface area (Å²) in [6.45, 7) is 1.58. The number of hydrogen-bond acceptors (Lipinski definition) is 4. The molecule has 5 nitrogen and oxygen atoms in total. The maximum atomic E-state index is 8.99. The van der Waals surface area contributed by atoms with Crippen molar-refractivity contribution in [3.63, 3.8) is 0 Å². The van der Waals surface area contributed by atoms with Gasteiger partial charge in [-0.2, -0.15) is 10.4 Å². The summed E-state index contributed by atoms with van der Waals surface area (Å²) in [6.07, 6.45) is 3.19. The van der Waals surface area contributed by atoms with Gasteiger partial charge in [0.25, 0.3) is 0 Å². The summed E-state index contributed by atoms with van der Waals surface area (Å²) in [7, 11) is 0. The van der Waals surface area contributed by atoms with Crippen molar-refractivity contribution in [3.8, 4) is 28.8 Å². The van der Waals surface area contributed by atoms with Gasteiger partial charge in [0.1, 0.15) is 5.69 Å². The summed E-state index contributed by atoms with van der Waals surface area (Å²) >= 11 is 0. The Hall–Kier alpha value is -3.13. The van der Waals surface area contributed by atoms with Crippen molar-refractivity contribution in [2.24, 2.45) is 0 Å². The van der Waals surface area contributed by atoms with Gasteiger partial charge >= 0.3 is 0 Å². The first-order valence-corrected chi connectivity index (χ1v) is 8.06. The fraction of sp³-hybridized carbons (Fsp3) is 0.211. The van der Waals surface area contributed by atoms with Crippen LogP contribution in [0.2, 0.25) is 0 Å². The van der Waals surface area contributed by atoms with Crippen LogP contribution in [0, 0.1) is 11.5 Å². The molecule has 1 atom stereocenters. The molecule has 1 aromatic carbocycles. The third-order valence-electron chi connectivity index (χ3n) is 4.45. The molecule has 1 fully saturated rings. The lowest BCUT2D eigenvalue weighted by Crippen LogP contribution is -2.12. The minimum absolute atomic E-state index is 0.336. The third-order valence-corrected chi connectivity index (χ3v) is 4.45. The maximum absolute atomic E-state index is 8.99. The van der Waals surface area contributed by atoms with E-state index in [4.69, 9.17) is 10.2 Å². The van der Waals surface area contributed by atoms with Gasteiger partial charge in [-0.05, 0) is 24.6 Å². The van der Waals surface area contributed by atoms with Crippen molar-refractivity contribution >= 4 is 0 Å². The fourth-order valence-corrected chi connectivity index (χ4v) is 3.13.